The first-order chi connectivity index (χ1) is 9.93. The van der Waals surface area contributed by atoms with Crippen LogP contribution in [0.1, 0.15) is 32.6 Å². The normalized spacial score (nSPS) is 24.2. The SMILES string of the molecule is CCOC(=O)/C=C/C=C/C=C/C1CCC(C(F)(F)F)CC1. The molecule has 0 aromatic rings. The molecule has 0 amide bonds. The Morgan fingerprint density at radius 3 is 2.29 bits per heavy atom. The zero-order valence-corrected chi connectivity index (χ0v) is 12.1. The van der Waals surface area contributed by atoms with Gasteiger partial charge in [-0.15, -0.1) is 0 Å². The van der Waals surface area contributed by atoms with Crippen LogP contribution < -0.4 is 0 Å². The number of ether oxygens (including phenoxy) is 1. The van der Waals surface area contributed by atoms with Crippen molar-refractivity contribution in [2.24, 2.45) is 11.8 Å². The molecule has 1 fully saturated rings. The number of carbonyl (C=O) groups excluding carboxylic acids is 1. The number of hydrogen-bond donors (Lipinski definition) is 0. The van der Waals surface area contributed by atoms with E-state index < -0.39 is 18.1 Å². The van der Waals surface area contributed by atoms with Crippen LogP contribution in [0.3, 0.4) is 0 Å². The van der Waals surface area contributed by atoms with Gasteiger partial charge in [0.2, 0.25) is 0 Å². The van der Waals surface area contributed by atoms with Gasteiger partial charge in [-0.2, -0.15) is 13.2 Å². The fourth-order valence-corrected chi connectivity index (χ4v) is 2.31. The average molecular weight is 302 g/mol. The van der Waals surface area contributed by atoms with Crippen molar-refractivity contribution < 1.29 is 22.7 Å². The van der Waals surface area contributed by atoms with E-state index in [1.165, 1.54) is 6.08 Å². The van der Waals surface area contributed by atoms with Crippen molar-refractivity contribution in [1.29, 1.82) is 0 Å². The van der Waals surface area contributed by atoms with Gasteiger partial charge in [-0.25, -0.2) is 4.79 Å². The minimum atomic E-state index is -4.05. The molecule has 2 nitrogen and oxygen atoms in total. The molecule has 0 aromatic heterocycles. The van der Waals surface area contributed by atoms with Crippen molar-refractivity contribution in [3.63, 3.8) is 0 Å². The topological polar surface area (TPSA) is 26.3 Å². The molecule has 1 rings (SSSR count). The Morgan fingerprint density at radius 2 is 1.71 bits per heavy atom. The molecule has 1 aliphatic rings. The third-order valence-corrected chi connectivity index (χ3v) is 3.47. The quantitative estimate of drug-likeness (QED) is 0.422. The smallest absolute Gasteiger partial charge is 0.391 e. The van der Waals surface area contributed by atoms with Crippen LogP contribution in [-0.2, 0) is 9.53 Å². The standard InChI is InChI=1S/C16H21F3O2/c1-2-21-15(20)8-6-4-3-5-7-13-9-11-14(12-10-13)16(17,18)19/h3-8,13-14H,2,9-12H2,1H3/b4-3+,7-5+,8-6+. The number of allylic oxidation sites excluding steroid dienone is 5. The minimum absolute atomic E-state index is 0.210. The Morgan fingerprint density at radius 1 is 1.10 bits per heavy atom. The van der Waals surface area contributed by atoms with Gasteiger partial charge in [0.25, 0.3) is 0 Å². The maximum absolute atomic E-state index is 12.5. The molecule has 1 saturated carbocycles. The van der Waals surface area contributed by atoms with Crippen LogP contribution in [0.2, 0.25) is 0 Å². The van der Waals surface area contributed by atoms with E-state index in [1.54, 1.807) is 25.2 Å². The van der Waals surface area contributed by atoms with Crippen molar-refractivity contribution in [2.75, 3.05) is 6.61 Å². The van der Waals surface area contributed by atoms with E-state index in [0.717, 1.165) is 0 Å². The molecule has 0 N–H and O–H groups in total. The molecule has 0 bridgehead atoms. The maximum atomic E-state index is 12.5. The van der Waals surface area contributed by atoms with Gasteiger partial charge in [0.1, 0.15) is 0 Å². The Labute approximate surface area is 123 Å². The summed E-state index contributed by atoms with van der Waals surface area (Å²) in [6, 6.07) is 0. The molecule has 0 aliphatic heterocycles. The Bertz CT molecular complexity index is 400. The lowest BCUT2D eigenvalue weighted by atomic mass is 9.81. The highest BCUT2D eigenvalue weighted by Gasteiger charge is 2.40. The lowest BCUT2D eigenvalue weighted by Crippen LogP contribution is -2.27. The van der Waals surface area contributed by atoms with Gasteiger partial charge < -0.3 is 4.74 Å². The van der Waals surface area contributed by atoms with Crippen LogP contribution in [0.4, 0.5) is 13.2 Å². The van der Waals surface area contributed by atoms with Crippen LogP contribution in [0.15, 0.2) is 36.5 Å². The molecule has 0 aromatic carbocycles. The van der Waals surface area contributed by atoms with Crippen molar-refractivity contribution in [3.8, 4) is 0 Å². The lowest BCUT2D eigenvalue weighted by molar-refractivity contribution is -0.183. The minimum Gasteiger partial charge on any atom is -0.463 e. The Kier molecular flexibility index (Phi) is 7.26. The van der Waals surface area contributed by atoms with Gasteiger partial charge in [-0.05, 0) is 38.5 Å². The summed E-state index contributed by atoms with van der Waals surface area (Å²) in [4.78, 5) is 11.0. The number of rotatable bonds is 5. The molecular weight excluding hydrogens is 281 g/mol. The molecule has 0 unspecified atom stereocenters. The van der Waals surface area contributed by atoms with Crippen LogP contribution in [0.5, 0.6) is 0 Å². The van der Waals surface area contributed by atoms with Crippen molar-refractivity contribution >= 4 is 5.97 Å². The number of halogens is 3. The molecule has 0 radical (unpaired) electrons. The van der Waals surface area contributed by atoms with Gasteiger partial charge in [0.05, 0.1) is 12.5 Å². The first kappa shape index (κ1) is 17.5. The third-order valence-electron chi connectivity index (χ3n) is 3.47. The second kappa shape index (κ2) is 8.70. The van der Waals surface area contributed by atoms with Gasteiger partial charge in [-0.1, -0.05) is 30.4 Å². The highest BCUT2D eigenvalue weighted by atomic mass is 19.4. The van der Waals surface area contributed by atoms with Crippen LogP contribution in [-0.4, -0.2) is 18.8 Å². The number of hydrogen-bond acceptors (Lipinski definition) is 2. The third kappa shape index (κ3) is 7.16. The summed E-state index contributed by atoms with van der Waals surface area (Å²) in [5, 5.41) is 0. The first-order valence-corrected chi connectivity index (χ1v) is 7.18. The Balaban J connectivity index is 2.28. The predicted molar refractivity (Wildman–Crippen MR) is 75.6 cm³/mol. The van der Waals surface area contributed by atoms with E-state index in [2.05, 4.69) is 0 Å². The second-order valence-electron chi connectivity index (χ2n) is 5.03. The summed E-state index contributed by atoms with van der Waals surface area (Å²) in [7, 11) is 0. The van der Waals surface area contributed by atoms with Gasteiger partial charge in [0, 0.05) is 6.08 Å². The summed E-state index contributed by atoms with van der Waals surface area (Å²) in [6.45, 7) is 2.07. The lowest BCUT2D eigenvalue weighted by Gasteiger charge is -2.28. The molecule has 0 heterocycles. The van der Waals surface area contributed by atoms with E-state index >= 15 is 0 Å². The molecule has 21 heavy (non-hydrogen) atoms. The summed E-state index contributed by atoms with van der Waals surface area (Å²) in [5.74, 6) is -1.32. The van der Waals surface area contributed by atoms with Crippen molar-refractivity contribution in [2.45, 2.75) is 38.8 Å². The summed E-state index contributed by atoms with van der Waals surface area (Å²) in [5.41, 5.74) is 0. The van der Waals surface area contributed by atoms with Crippen LogP contribution in [0, 0.1) is 11.8 Å². The fourth-order valence-electron chi connectivity index (χ4n) is 2.31. The molecule has 0 atom stereocenters. The van der Waals surface area contributed by atoms with Gasteiger partial charge in [-0.3, -0.25) is 0 Å². The van der Waals surface area contributed by atoms with E-state index in [4.69, 9.17) is 4.74 Å². The van der Waals surface area contributed by atoms with E-state index in [1.807, 2.05) is 12.2 Å². The highest BCUT2D eigenvalue weighted by Crippen LogP contribution is 2.39. The number of alkyl halides is 3. The van der Waals surface area contributed by atoms with Crippen molar-refractivity contribution in [1.82, 2.24) is 0 Å². The largest absolute Gasteiger partial charge is 0.463 e. The van der Waals surface area contributed by atoms with E-state index in [9.17, 15) is 18.0 Å². The average Bonchev–Trinajstić information content (AvgIpc) is 2.42. The van der Waals surface area contributed by atoms with E-state index in [-0.39, 0.29) is 18.8 Å². The second-order valence-corrected chi connectivity index (χ2v) is 5.03. The monoisotopic (exact) mass is 302 g/mol. The number of carbonyl (C=O) groups is 1. The predicted octanol–water partition coefficient (Wildman–Crippen LogP) is 4.59. The zero-order valence-electron chi connectivity index (χ0n) is 12.1. The van der Waals surface area contributed by atoms with Gasteiger partial charge in [0.15, 0.2) is 0 Å². The maximum Gasteiger partial charge on any atom is 0.391 e. The van der Waals surface area contributed by atoms with Crippen LogP contribution >= 0.6 is 0 Å². The molecule has 5 heteroatoms. The van der Waals surface area contributed by atoms with Crippen molar-refractivity contribution in [3.05, 3.63) is 36.5 Å². The molecular formula is C16H21F3O2. The fraction of sp³-hybridized carbons (Fsp3) is 0.562. The molecule has 0 spiro atoms. The summed E-state index contributed by atoms with van der Waals surface area (Å²) in [6.07, 6.45) is 7.61. The van der Waals surface area contributed by atoms with Crippen LogP contribution in [0.25, 0.3) is 0 Å². The summed E-state index contributed by atoms with van der Waals surface area (Å²) < 4.78 is 42.2. The molecule has 118 valence electrons. The number of esters is 1. The van der Waals surface area contributed by atoms with E-state index in [0.29, 0.717) is 19.4 Å². The zero-order chi connectivity index (χ0) is 15.7. The Hall–Kier alpha value is -1.52. The summed E-state index contributed by atoms with van der Waals surface area (Å²) >= 11 is 0. The molecule has 1 aliphatic carbocycles. The van der Waals surface area contributed by atoms with Gasteiger partial charge >= 0.3 is 12.1 Å². The highest BCUT2D eigenvalue weighted by molar-refractivity contribution is 5.82. The molecule has 0 saturated heterocycles. The first-order valence-electron chi connectivity index (χ1n) is 7.18.